The van der Waals surface area contributed by atoms with Crippen LogP contribution in [0.15, 0.2) is 29.2 Å². The van der Waals surface area contributed by atoms with Gasteiger partial charge in [-0.3, -0.25) is 0 Å². The minimum Gasteiger partial charge on any atom is -0.480 e. The lowest BCUT2D eigenvalue weighted by Crippen LogP contribution is -2.43. The van der Waals surface area contributed by atoms with Gasteiger partial charge in [0.05, 0.1) is 5.69 Å². The Balaban J connectivity index is 2.63. The monoisotopic (exact) mass is 298 g/mol. The smallest absolute Gasteiger partial charge is 0.326 e. The first-order valence-electron chi connectivity index (χ1n) is 6.00. The van der Waals surface area contributed by atoms with E-state index in [4.69, 9.17) is 9.84 Å². The second-order valence-corrected chi connectivity index (χ2v) is 4.82. The molecule has 0 aliphatic rings. The summed E-state index contributed by atoms with van der Waals surface area (Å²) in [5.41, 5.74) is 0.647. The number of thioether (sulfide) groups is 1. The molecular weight excluding hydrogens is 280 g/mol. The number of carbonyl (C=O) groups is 2. The third-order valence-electron chi connectivity index (χ3n) is 2.57. The van der Waals surface area contributed by atoms with Crippen LogP contribution in [0.5, 0.6) is 0 Å². The van der Waals surface area contributed by atoms with E-state index < -0.39 is 18.0 Å². The second kappa shape index (κ2) is 8.44. The Morgan fingerprint density at radius 2 is 2.10 bits per heavy atom. The molecule has 1 unspecified atom stereocenters. The molecule has 0 spiro atoms. The number of carboxylic acid groups (broad SMARTS) is 1. The van der Waals surface area contributed by atoms with E-state index in [0.29, 0.717) is 5.69 Å². The summed E-state index contributed by atoms with van der Waals surface area (Å²) in [5, 5.41) is 14.1. The van der Waals surface area contributed by atoms with Crippen LogP contribution >= 0.6 is 11.8 Å². The summed E-state index contributed by atoms with van der Waals surface area (Å²) in [5.74, 6) is -1.09. The van der Waals surface area contributed by atoms with Crippen molar-refractivity contribution in [2.45, 2.75) is 17.4 Å². The Morgan fingerprint density at radius 3 is 2.70 bits per heavy atom. The molecule has 1 atom stereocenters. The molecule has 0 radical (unpaired) electrons. The number of hydrogen-bond donors (Lipinski definition) is 3. The average molecular weight is 298 g/mol. The van der Waals surface area contributed by atoms with Crippen LogP contribution < -0.4 is 10.6 Å². The summed E-state index contributed by atoms with van der Waals surface area (Å²) < 4.78 is 4.82. The molecule has 3 N–H and O–H groups in total. The maximum Gasteiger partial charge on any atom is 0.326 e. The van der Waals surface area contributed by atoms with Gasteiger partial charge in [0, 0.05) is 25.0 Å². The third kappa shape index (κ3) is 5.10. The van der Waals surface area contributed by atoms with Gasteiger partial charge in [0.15, 0.2) is 0 Å². The number of benzene rings is 1. The van der Waals surface area contributed by atoms with Gasteiger partial charge in [0.25, 0.3) is 0 Å². The van der Waals surface area contributed by atoms with Crippen LogP contribution in [0, 0.1) is 0 Å². The van der Waals surface area contributed by atoms with Crippen molar-refractivity contribution >= 4 is 29.4 Å². The van der Waals surface area contributed by atoms with Crippen molar-refractivity contribution in [1.82, 2.24) is 5.32 Å². The quantitative estimate of drug-likeness (QED) is 0.670. The molecule has 0 saturated heterocycles. The zero-order chi connectivity index (χ0) is 15.0. The minimum atomic E-state index is -1.09. The van der Waals surface area contributed by atoms with Crippen molar-refractivity contribution in [3.8, 4) is 0 Å². The highest BCUT2D eigenvalue weighted by molar-refractivity contribution is 7.98. The van der Waals surface area contributed by atoms with E-state index in [2.05, 4.69) is 10.6 Å². The summed E-state index contributed by atoms with van der Waals surface area (Å²) in [6.07, 6.45) is 2.11. The lowest BCUT2D eigenvalue weighted by molar-refractivity contribution is -0.139. The normalized spacial score (nSPS) is 11.7. The minimum absolute atomic E-state index is 0.212. The fourth-order valence-electron chi connectivity index (χ4n) is 1.56. The maximum atomic E-state index is 11.8. The van der Waals surface area contributed by atoms with E-state index in [9.17, 15) is 9.59 Å². The van der Waals surface area contributed by atoms with Gasteiger partial charge in [-0.1, -0.05) is 12.1 Å². The molecule has 7 heteroatoms. The Bertz CT molecular complexity index is 467. The number of hydrogen-bond acceptors (Lipinski definition) is 4. The number of aliphatic carboxylic acids is 1. The number of methoxy groups -OCH3 is 1. The first kappa shape index (κ1) is 16.3. The first-order valence-corrected chi connectivity index (χ1v) is 7.23. The number of carbonyl (C=O) groups excluding carboxylic acids is 1. The van der Waals surface area contributed by atoms with Gasteiger partial charge in [-0.05, 0) is 18.4 Å². The molecule has 2 amide bonds. The van der Waals surface area contributed by atoms with Crippen molar-refractivity contribution in [1.29, 1.82) is 0 Å². The van der Waals surface area contributed by atoms with Crippen LogP contribution in [-0.4, -0.2) is 43.1 Å². The molecule has 0 saturated carbocycles. The van der Waals surface area contributed by atoms with Gasteiger partial charge in [-0.25, -0.2) is 9.59 Å². The van der Waals surface area contributed by atoms with Gasteiger partial charge >= 0.3 is 12.0 Å². The van der Waals surface area contributed by atoms with Crippen LogP contribution in [0.1, 0.15) is 6.42 Å². The number of amides is 2. The lowest BCUT2D eigenvalue weighted by Gasteiger charge is -2.15. The van der Waals surface area contributed by atoms with E-state index in [0.717, 1.165) is 4.90 Å². The van der Waals surface area contributed by atoms with E-state index in [1.807, 2.05) is 18.4 Å². The topological polar surface area (TPSA) is 87.7 Å². The largest absolute Gasteiger partial charge is 0.480 e. The van der Waals surface area contributed by atoms with Crippen LogP contribution in [0.25, 0.3) is 0 Å². The molecule has 0 aliphatic heterocycles. The number of anilines is 1. The zero-order valence-corrected chi connectivity index (χ0v) is 12.2. The predicted molar refractivity (Wildman–Crippen MR) is 78.3 cm³/mol. The highest BCUT2D eigenvalue weighted by Crippen LogP contribution is 2.24. The molecule has 0 aliphatic carbocycles. The average Bonchev–Trinajstić information content (AvgIpc) is 2.43. The highest BCUT2D eigenvalue weighted by Gasteiger charge is 2.19. The van der Waals surface area contributed by atoms with Gasteiger partial charge in [0.2, 0.25) is 0 Å². The number of nitrogens with one attached hydrogen (secondary N) is 2. The summed E-state index contributed by atoms with van der Waals surface area (Å²) in [6.45, 7) is 0.263. The van der Waals surface area contributed by atoms with Crippen LogP contribution in [0.2, 0.25) is 0 Å². The molecule has 6 nitrogen and oxygen atoms in total. The molecule has 20 heavy (non-hydrogen) atoms. The van der Waals surface area contributed by atoms with Crippen molar-refractivity contribution in [2.75, 3.05) is 25.3 Å². The number of carboxylic acids is 1. The molecule has 0 heterocycles. The Morgan fingerprint density at radius 1 is 1.40 bits per heavy atom. The fraction of sp³-hybridized carbons (Fsp3) is 0.385. The Hall–Kier alpha value is -1.73. The van der Waals surface area contributed by atoms with E-state index >= 15 is 0 Å². The van der Waals surface area contributed by atoms with E-state index in [1.54, 1.807) is 12.1 Å². The second-order valence-electron chi connectivity index (χ2n) is 3.97. The number of rotatable bonds is 7. The molecule has 1 aromatic rings. The fourth-order valence-corrected chi connectivity index (χ4v) is 2.11. The molecule has 1 aromatic carbocycles. The molecule has 0 fully saturated rings. The van der Waals surface area contributed by atoms with E-state index in [1.165, 1.54) is 18.9 Å². The maximum absolute atomic E-state index is 11.8. The molecule has 1 rings (SSSR count). The standard InChI is InChI=1S/C13H18N2O4S/c1-19-8-7-10(12(16)17)15-13(18)14-9-5-3-4-6-11(9)20-2/h3-6,10H,7-8H2,1-2H3,(H,16,17)(H2,14,15,18). The third-order valence-corrected chi connectivity index (χ3v) is 3.37. The molecular formula is C13H18N2O4S. The highest BCUT2D eigenvalue weighted by atomic mass is 32.2. The van der Waals surface area contributed by atoms with Crippen LogP contribution in [0.4, 0.5) is 10.5 Å². The summed E-state index contributed by atoms with van der Waals surface area (Å²) in [4.78, 5) is 23.7. The zero-order valence-electron chi connectivity index (χ0n) is 11.4. The van der Waals surface area contributed by atoms with Crippen molar-refractivity contribution < 1.29 is 19.4 Å². The van der Waals surface area contributed by atoms with Crippen molar-refractivity contribution in [3.63, 3.8) is 0 Å². The van der Waals surface area contributed by atoms with Crippen LogP contribution in [0.3, 0.4) is 0 Å². The summed E-state index contributed by atoms with van der Waals surface area (Å²) in [6, 6.07) is 5.78. The number of para-hydroxylation sites is 1. The van der Waals surface area contributed by atoms with Crippen LogP contribution in [-0.2, 0) is 9.53 Å². The Kier molecular flexibility index (Phi) is 6.89. The number of ether oxygens (including phenoxy) is 1. The van der Waals surface area contributed by atoms with Crippen molar-refractivity contribution in [3.05, 3.63) is 24.3 Å². The molecule has 0 bridgehead atoms. The molecule has 0 aromatic heterocycles. The summed E-state index contributed by atoms with van der Waals surface area (Å²) >= 11 is 1.50. The lowest BCUT2D eigenvalue weighted by atomic mass is 10.2. The predicted octanol–water partition coefficient (Wildman–Crippen LogP) is 2.02. The van der Waals surface area contributed by atoms with Gasteiger partial charge in [-0.15, -0.1) is 11.8 Å². The van der Waals surface area contributed by atoms with Gasteiger partial charge < -0.3 is 20.5 Å². The first-order chi connectivity index (χ1) is 9.58. The van der Waals surface area contributed by atoms with Gasteiger partial charge in [-0.2, -0.15) is 0 Å². The Labute approximate surface area is 121 Å². The van der Waals surface area contributed by atoms with Gasteiger partial charge in [0.1, 0.15) is 6.04 Å². The SMILES string of the molecule is COCCC(NC(=O)Nc1ccccc1SC)C(=O)O. The molecule has 110 valence electrons. The number of urea groups is 1. The summed E-state index contributed by atoms with van der Waals surface area (Å²) in [7, 11) is 1.48. The van der Waals surface area contributed by atoms with Crippen molar-refractivity contribution in [2.24, 2.45) is 0 Å². The van der Waals surface area contributed by atoms with E-state index in [-0.39, 0.29) is 13.0 Å².